The molecule has 0 saturated heterocycles. The third-order valence-corrected chi connectivity index (χ3v) is 7.57. The van der Waals surface area contributed by atoms with Gasteiger partial charge in [0.25, 0.3) is 0 Å². The maximum absolute atomic E-state index is 12.4. The molecule has 0 heterocycles. The zero-order valence-corrected chi connectivity index (χ0v) is 13.3. The minimum absolute atomic E-state index is 0.156. The summed E-state index contributed by atoms with van der Waals surface area (Å²) in [5.74, 6) is 1.73. The number of carbonyl (C=O) groups is 1. The summed E-state index contributed by atoms with van der Waals surface area (Å²) < 4.78 is 8.71. The number of aliphatic hydroxyl groups is 1. The van der Waals surface area contributed by atoms with E-state index in [1.807, 2.05) is 0 Å². The maximum Gasteiger partial charge on any atom is 0.139 e. The number of fused-ring (bicyclic) bond motifs is 5. The number of hydrogen-bond acceptors (Lipinski definition) is 2. The molecule has 0 aliphatic heterocycles. The predicted molar refractivity (Wildman–Crippen MR) is 82.7 cm³/mol. The highest BCUT2D eigenvalue weighted by molar-refractivity contribution is 5.87. The minimum Gasteiger partial charge on any atom is -0.393 e. The van der Waals surface area contributed by atoms with Crippen molar-refractivity contribution in [3.63, 3.8) is 0 Å². The zero-order valence-electron chi connectivity index (χ0n) is 14.3. The van der Waals surface area contributed by atoms with Crippen LogP contribution in [-0.2, 0) is 4.79 Å². The summed E-state index contributed by atoms with van der Waals surface area (Å²) in [7, 11) is 0. The molecular formula is C19H28O2. The van der Waals surface area contributed by atoms with Crippen molar-refractivity contribution in [2.75, 3.05) is 0 Å². The molecule has 0 spiro atoms. The molecule has 116 valence electrons. The van der Waals surface area contributed by atoms with E-state index in [1.54, 1.807) is 0 Å². The summed E-state index contributed by atoms with van der Waals surface area (Å²) in [5, 5.41) is 10.0. The molecule has 2 nitrogen and oxygen atoms in total. The molecule has 3 saturated carbocycles. The maximum atomic E-state index is 12.4. The Morgan fingerprint density at radius 1 is 1.19 bits per heavy atom. The fourth-order valence-corrected chi connectivity index (χ4v) is 6.10. The van der Waals surface area contributed by atoms with E-state index in [0.717, 1.165) is 44.9 Å². The SMILES string of the molecule is [3H]C1C=C2C[C@@H](O)CC[C@]2(C)[C@H]2CC[C@]3(C)C(=O)CC[C@H]3[C@H]12. The van der Waals surface area contributed by atoms with Crippen molar-refractivity contribution in [3.8, 4) is 0 Å². The van der Waals surface area contributed by atoms with Crippen molar-refractivity contribution >= 4 is 5.78 Å². The van der Waals surface area contributed by atoms with Crippen LogP contribution in [-0.4, -0.2) is 17.0 Å². The van der Waals surface area contributed by atoms with Crippen molar-refractivity contribution in [2.24, 2.45) is 28.6 Å². The van der Waals surface area contributed by atoms with Crippen LogP contribution in [0.25, 0.3) is 0 Å². The van der Waals surface area contributed by atoms with Crippen LogP contribution >= 0.6 is 0 Å². The Morgan fingerprint density at radius 3 is 2.71 bits per heavy atom. The van der Waals surface area contributed by atoms with E-state index in [1.165, 1.54) is 5.57 Å². The highest BCUT2D eigenvalue weighted by Crippen LogP contribution is 2.63. The van der Waals surface area contributed by atoms with E-state index in [4.69, 9.17) is 1.37 Å². The van der Waals surface area contributed by atoms with Gasteiger partial charge >= 0.3 is 0 Å². The molecule has 4 rings (SSSR count). The van der Waals surface area contributed by atoms with Crippen LogP contribution in [0.15, 0.2) is 11.6 Å². The third-order valence-electron chi connectivity index (χ3n) is 7.57. The first-order valence-corrected chi connectivity index (χ1v) is 8.71. The summed E-state index contributed by atoms with van der Waals surface area (Å²) in [4.78, 5) is 12.4. The Morgan fingerprint density at radius 2 is 1.90 bits per heavy atom. The zero-order chi connectivity index (χ0) is 15.7. The van der Waals surface area contributed by atoms with Gasteiger partial charge in [-0.3, -0.25) is 4.79 Å². The number of aliphatic hydroxyl groups excluding tert-OH is 1. The normalized spacial score (nSPS) is 56.9. The number of hydrogen-bond donors (Lipinski definition) is 1. The first-order valence-electron chi connectivity index (χ1n) is 9.29. The Balaban J connectivity index is 1.75. The Bertz CT molecular complexity index is 542. The molecule has 3 fully saturated rings. The molecule has 0 radical (unpaired) electrons. The molecule has 4 aliphatic carbocycles. The standard InChI is InChI=1S/C19H28O2/c1-18-9-7-13(20)11-12(18)3-4-14-15-5-6-17(21)19(15,2)10-8-16(14)18/h3,13-16,20H,4-11H2,1-2H3/t13-,14-,15-,16-,18-,19-/m0/s1/i4T/t4?,13-,14-,15-,16-,18-,19-. The first-order chi connectivity index (χ1) is 10.4. The molecule has 0 aromatic heterocycles. The first kappa shape index (κ1) is 12.9. The second-order valence-corrected chi connectivity index (χ2v) is 8.41. The highest BCUT2D eigenvalue weighted by Gasteiger charge is 2.58. The lowest BCUT2D eigenvalue weighted by Gasteiger charge is -2.56. The molecule has 2 heteroatoms. The molecule has 7 atom stereocenters. The highest BCUT2D eigenvalue weighted by atomic mass is 16.3. The van der Waals surface area contributed by atoms with Gasteiger partial charge in [-0.25, -0.2) is 0 Å². The van der Waals surface area contributed by atoms with E-state index < -0.39 is 0 Å². The van der Waals surface area contributed by atoms with E-state index in [9.17, 15) is 9.90 Å². The number of carbonyl (C=O) groups excluding carboxylic acids is 1. The van der Waals surface area contributed by atoms with Gasteiger partial charge in [0, 0.05) is 13.2 Å². The molecule has 1 N–H and O–H groups in total. The van der Waals surface area contributed by atoms with Crippen molar-refractivity contribution in [2.45, 2.75) is 71.3 Å². The van der Waals surface area contributed by atoms with Crippen LogP contribution < -0.4 is 0 Å². The summed E-state index contributed by atoms with van der Waals surface area (Å²) in [5.41, 5.74) is 1.34. The fraction of sp³-hybridized carbons (Fsp3) is 0.842. The van der Waals surface area contributed by atoms with E-state index in [0.29, 0.717) is 23.5 Å². The lowest BCUT2D eigenvalue weighted by atomic mass is 9.48. The summed E-state index contributed by atoms with van der Waals surface area (Å²) in [6.07, 6.45) is 8.26. The second kappa shape index (κ2) is 4.44. The lowest BCUT2D eigenvalue weighted by molar-refractivity contribution is -0.132. The Kier molecular flexibility index (Phi) is 2.72. The van der Waals surface area contributed by atoms with E-state index >= 15 is 0 Å². The van der Waals surface area contributed by atoms with Gasteiger partial charge in [-0.05, 0) is 68.1 Å². The van der Waals surface area contributed by atoms with Crippen LogP contribution in [0.3, 0.4) is 0 Å². The molecule has 0 amide bonds. The smallest absolute Gasteiger partial charge is 0.139 e. The summed E-state index contributed by atoms with van der Waals surface area (Å²) >= 11 is 0. The summed E-state index contributed by atoms with van der Waals surface area (Å²) in [6.45, 7) is 4.54. The predicted octanol–water partition coefficient (Wildman–Crippen LogP) is 3.88. The minimum atomic E-state index is -0.218. The van der Waals surface area contributed by atoms with Crippen LogP contribution in [0.5, 0.6) is 0 Å². The molecule has 1 unspecified atom stereocenters. The fourth-order valence-electron chi connectivity index (χ4n) is 6.10. The largest absolute Gasteiger partial charge is 0.393 e. The Hall–Kier alpha value is -0.630. The quantitative estimate of drug-likeness (QED) is 0.687. The van der Waals surface area contributed by atoms with Gasteiger partial charge in [0.15, 0.2) is 0 Å². The van der Waals surface area contributed by atoms with Crippen molar-refractivity contribution < 1.29 is 11.3 Å². The topological polar surface area (TPSA) is 37.3 Å². The summed E-state index contributed by atoms with van der Waals surface area (Å²) in [6, 6.07) is 0. The van der Waals surface area contributed by atoms with Crippen LogP contribution in [0.1, 0.15) is 66.6 Å². The molecule has 0 bridgehead atoms. The van der Waals surface area contributed by atoms with Gasteiger partial charge in [0.1, 0.15) is 5.78 Å². The average molecular weight is 290 g/mol. The van der Waals surface area contributed by atoms with Crippen LogP contribution in [0.4, 0.5) is 0 Å². The Labute approximate surface area is 129 Å². The molecule has 0 aromatic carbocycles. The van der Waals surface area contributed by atoms with Gasteiger partial charge in [-0.2, -0.15) is 0 Å². The van der Waals surface area contributed by atoms with Gasteiger partial charge in [-0.15, -0.1) is 0 Å². The second-order valence-electron chi connectivity index (χ2n) is 8.41. The average Bonchev–Trinajstić information content (AvgIpc) is 2.77. The van der Waals surface area contributed by atoms with Crippen molar-refractivity contribution in [1.82, 2.24) is 0 Å². The monoisotopic (exact) mass is 290 g/mol. The molecule has 21 heavy (non-hydrogen) atoms. The van der Waals surface area contributed by atoms with Gasteiger partial charge in [-0.1, -0.05) is 25.5 Å². The third kappa shape index (κ3) is 1.78. The van der Waals surface area contributed by atoms with Crippen LogP contribution in [0, 0.1) is 28.6 Å². The van der Waals surface area contributed by atoms with Crippen LogP contribution in [0.2, 0.25) is 0 Å². The van der Waals surface area contributed by atoms with Gasteiger partial charge in [0.2, 0.25) is 0 Å². The lowest BCUT2D eigenvalue weighted by Crippen LogP contribution is -2.50. The molecule has 0 aromatic rings. The molecular weight excluding hydrogens is 260 g/mol. The van der Waals surface area contributed by atoms with Crippen molar-refractivity contribution in [1.29, 1.82) is 0 Å². The number of rotatable bonds is 0. The van der Waals surface area contributed by atoms with Gasteiger partial charge in [0.05, 0.1) is 6.10 Å². The van der Waals surface area contributed by atoms with E-state index in [2.05, 4.69) is 19.9 Å². The number of Topliss-reactive ketones (excluding diaryl/α,β-unsaturated/α-hetero) is 1. The van der Waals surface area contributed by atoms with E-state index in [-0.39, 0.29) is 23.3 Å². The molecule has 4 aliphatic rings. The number of ketones is 1. The van der Waals surface area contributed by atoms with Crippen molar-refractivity contribution in [3.05, 3.63) is 11.6 Å². The van der Waals surface area contributed by atoms with Gasteiger partial charge < -0.3 is 5.11 Å². The number of allylic oxidation sites excluding steroid dienone is 1.